The number of aryl methyl sites for hydroxylation is 2. The number of rotatable bonds is 4. The summed E-state index contributed by atoms with van der Waals surface area (Å²) < 4.78 is 8.83. The quantitative estimate of drug-likeness (QED) is 0.214. The smallest absolute Gasteiger partial charge is 0.216 e. The molecule has 7 rings (SSSR count). The molecule has 0 saturated carbocycles. The highest BCUT2D eigenvalue weighted by molar-refractivity contribution is 6.14. The third-order valence-electron chi connectivity index (χ3n) is 7.93. The van der Waals surface area contributed by atoms with Crippen molar-refractivity contribution >= 4 is 21.9 Å². The molecular formula is C38H27N2O+. The second kappa shape index (κ2) is 9.93. The van der Waals surface area contributed by atoms with Crippen molar-refractivity contribution in [1.29, 1.82) is 5.26 Å². The van der Waals surface area contributed by atoms with Crippen molar-refractivity contribution in [2.45, 2.75) is 6.92 Å². The van der Waals surface area contributed by atoms with E-state index in [9.17, 15) is 5.26 Å². The molecule has 3 heteroatoms. The maximum atomic E-state index is 10.1. The summed E-state index contributed by atoms with van der Waals surface area (Å²) >= 11 is 0. The van der Waals surface area contributed by atoms with Crippen LogP contribution in [0.4, 0.5) is 0 Å². The average Bonchev–Trinajstić information content (AvgIpc) is 3.40. The maximum Gasteiger partial charge on any atom is 0.216 e. The molecule has 0 unspecified atom stereocenters. The third-order valence-corrected chi connectivity index (χ3v) is 7.93. The van der Waals surface area contributed by atoms with E-state index in [-0.39, 0.29) is 0 Å². The highest BCUT2D eigenvalue weighted by Crippen LogP contribution is 2.42. The molecular weight excluding hydrogens is 500 g/mol. The molecule has 194 valence electrons. The minimum Gasteiger partial charge on any atom is -0.454 e. The van der Waals surface area contributed by atoms with Crippen molar-refractivity contribution < 1.29 is 8.98 Å². The van der Waals surface area contributed by atoms with E-state index in [0.29, 0.717) is 5.56 Å². The van der Waals surface area contributed by atoms with Gasteiger partial charge in [0.1, 0.15) is 18.2 Å². The van der Waals surface area contributed by atoms with Crippen molar-refractivity contribution in [3.63, 3.8) is 0 Å². The lowest BCUT2D eigenvalue weighted by Gasteiger charge is -2.09. The number of nitriles is 1. The van der Waals surface area contributed by atoms with Crippen LogP contribution < -0.4 is 4.57 Å². The monoisotopic (exact) mass is 527 g/mol. The lowest BCUT2D eigenvalue weighted by molar-refractivity contribution is -0.660. The minimum atomic E-state index is 0.596. The Balaban J connectivity index is 1.38. The summed E-state index contributed by atoms with van der Waals surface area (Å²) in [6.07, 6.45) is 2.05. The molecule has 0 fully saturated rings. The zero-order chi connectivity index (χ0) is 27.9. The van der Waals surface area contributed by atoms with Gasteiger partial charge >= 0.3 is 0 Å². The second-order valence-corrected chi connectivity index (χ2v) is 10.4. The van der Waals surface area contributed by atoms with E-state index in [0.717, 1.165) is 61.0 Å². The Kier molecular flexibility index (Phi) is 5.95. The fourth-order valence-electron chi connectivity index (χ4n) is 5.82. The normalized spacial score (nSPS) is 11.1. The Morgan fingerprint density at radius 3 is 1.90 bits per heavy atom. The van der Waals surface area contributed by atoms with Gasteiger partial charge in [0, 0.05) is 28.5 Å². The van der Waals surface area contributed by atoms with Gasteiger partial charge in [-0.3, -0.25) is 0 Å². The van der Waals surface area contributed by atoms with Crippen molar-refractivity contribution in [3.8, 4) is 50.7 Å². The molecule has 3 nitrogen and oxygen atoms in total. The summed E-state index contributed by atoms with van der Waals surface area (Å²) in [5.74, 6) is 0. The van der Waals surface area contributed by atoms with Crippen LogP contribution in [0.25, 0.3) is 66.6 Å². The largest absolute Gasteiger partial charge is 0.454 e. The Bertz CT molecular complexity index is 2110. The fraction of sp³-hybridized carbons (Fsp3) is 0.0526. The second-order valence-electron chi connectivity index (χ2n) is 10.4. The number of pyridine rings is 1. The van der Waals surface area contributed by atoms with Crippen molar-refractivity contribution in [1.82, 2.24) is 0 Å². The van der Waals surface area contributed by atoms with Crippen LogP contribution >= 0.6 is 0 Å². The molecule has 2 heterocycles. The van der Waals surface area contributed by atoms with Crippen molar-refractivity contribution in [2.75, 3.05) is 0 Å². The number of furan rings is 1. The molecule has 0 atom stereocenters. The van der Waals surface area contributed by atoms with E-state index in [1.54, 1.807) is 0 Å². The molecule has 0 aliphatic carbocycles. The first-order valence-electron chi connectivity index (χ1n) is 13.7. The van der Waals surface area contributed by atoms with Gasteiger partial charge in [-0.05, 0) is 64.6 Å². The number of benzene rings is 5. The van der Waals surface area contributed by atoms with Crippen LogP contribution in [-0.4, -0.2) is 0 Å². The first kappa shape index (κ1) is 24.6. The maximum absolute atomic E-state index is 10.1. The van der Waals surface area contributed by atoms with Crippen molar-refractivity contribution in [2.24, 2.45) is 7.05 Å². The van der Waals surface area contributed by atoms with Crippen LogP contribution in [-0.2, 0) is 7.05 Å². The Labute approximate surface area is 239 Å². The number of hydrogen-bond donors (Lipinski definition) is 0. The van der Waals surface area contributed by atoms with E-state index in [1.807, 2.05) is 43.6 Å². The summed E-state index contributed by atoms with van der Waals surface area (Å²) in [5.41, 5.74) is 11.9. The van der Waals surface area contributed by atoms with E-state index in [4.69, 9.17) is 4.42 Å². The number of fused-ring (bicyclic) bond motifs is 3. The summed E-state index contributed by atoms with van der Waals surface area (Å²) in [6, 6.07) is 44.2. The molecule has 0 bridgehead atoms. The summed E-state index contributed by atoms with van der Waals surface area (Å²) in [7, 11) is 2.05. The van der Waals surface area contributed by atoms with Crippen LogP contribution in [0.3, 0.4) is 0 Å². The molecule has 0 amide bonds. The van der Waals surface area contributed by atoms with E-state index in [1.165, 1.54) is 11.1 Å². The van der Waals surface area contributed by atoms with Gasteiger partial charge in [0.05, 0.1) is 17.2 Å². The lowest BCUT2D eigenvalue weighted by atomic mass is 9.94. The Morgan fingerprint density at radius 1 is 0.585 bits per heavy atom. The van der Waals surface area contributed by atoms with E-state index >= 15 is 0 Å². The van der Waals surface area contributed by atoms with Gasteiger partial charge < -0.3 is 4.42 Å². The first-order valence-corrected chi connectivity index (χ1v) is 13.7. The zero-order valence-electron chi connectivity index (χ0n) is 22.9. The van der Waals surface area contributed by atoms with Gasteiger partial charge in [-0.15, -0.1) is 0 Å². The van der Waals surface area contributed by atoms with Crippen LogP contribution in [0.1, 0.15) is 11.1 Å². The molecule has 0 spiro atoms. The van der Waals surface area contributed by atoms with Gasteiger partial charge in [-0.25, -0.2) is 4.57 Å². The molecule has 41 heavy (non-hydrogen) atoms. The van der Waals surface area contributed by atoms with E-state index in [2.05, 4.69) is 109 Å². The molecule has 7 aromatic rings. The van der Waals surface area contributed by atoms with Gasteiger partial charge in [-0.1, -0.05) is 84.9 Å². The summed E-state index contributed by atoms with van der Waals surface area (Å²) in [5, 5.41) is 12.2. The molecule has 0 saturated heterocycles. The summed E-state index contributed by atoms with van der Waals surface area (Å²) in [6.45, 7) is 2.11. The predicted molar refractivity (Wildman–Crippen MR) is 166 cm³/mol. The Morgan fingerprint density at radius 2 is 1.20 bits per heavy atom. The van der Waals surface area contributed by atoms with Gasteiger partial charge in [0.15, 0.2) is 6.20 Å². The molecule has 0 aliphatic heterocycles. The standard InChI is InChI=1S/C38H27N2O/c1-25-14-20-32-33-21-19-31(24-39)36(38(33)41-37(32)35(25)34-13-6-7-22-40(34)2)28-17-15-27(16-18-28)30-12-8-11-29(23-30)26-9-4-3-5-10-26/h3-23H,1-2H3/q+1. The third kappa shape index (κ3) is 4.18. The van der Waals surface area contributed by atoms with Crippen LogP contribution in [0.15, 0.2) is 132 Å². The van der Waals surface area contributed by atoms with Gasteiger partial charge in [0.25, 0.3) is 0 Å². The predicted octanol–water partition coefficient (Wildman–Crippen LogP) is 9.26. The van der Waals surface area contributed by atoms with Gasteiger partial charge in [0.2, 0.25) is 5.69 Å². The average molecular weight is 528 g/mol. The summed E-state index contributed by atoms with van der Waals surface area (Å²) in [4.78, 5) is 0. The zero-order valence-corrected chi connectivity index (χ0v) is 22.9. The molecule has 0 radical (unpaired) electrons. The van der Waals surface area contributed by atoms with Gasteiger partial charge in [-0.2, -0.15) is 5.26 Å². The minimum absolute atomic E-state index is 0.596. The molecule has 0 aliphatic rings. The number of nitrogens with zero attached hydrogens (tertiary/aromatic N) is 2. The lowest BCUT2D eigenvalue weighted by Crippen LogP contribution is -2.30. The van der Waals surface area contributed by atoms with Crippen LogP contribution in [0, 0.1) is 18.3 Å². The molecule has 5 aromatic carbocycles. The van der Waals surface area contributed by atoms with E-state index < -0.39 is 0 Å². The van der Waals surface area contributed by atoms with Crippen LogP contribution in [0.2, 0.25) is 0 Å². The SMILES string of the molecule is Cc1ccc2c(oc3c(-c4ccc(-c5cccc(-c6ccccc6)c5)cc4)c(C#N)ccc32)c1-c1cccc[n+]1C. The van der Waals surface area contributed by atoms with Crippen molar-refractivity contribution in [3.05, 3.63) is 139 Å². The first-order chi connectivity index (χ1) is 20.1. The Hall–Kier alpha value is -5.46. The number of aromatic nitrogens is 1. The molecule has 0 N–H and O–H groups in total. The topological polar surface area (TPSA) is 40.8 Å². The molecule has 2 aromatic heterocycles. The van der Waals surface area contributed by atoms with Crippen LogP contribution in [0.5, 0.6) is 0 Å². The number of hydrogen-bond acceptors (Lipinski definition) is 2. The fourth-order valence-corrected chi connectivity index (χ4v) is 5.82. The highest BCUT2D eigenvalue weighted by Gasteiger charge is 2.22. The highest BCUT2D eigenvalue weighted by atomic mass is 16.3.